The molecule has 0 bridgehead atoms. The Bertz CT molecular complexity index is 702. The normalized spacial score (nSPS) is 9.95. The molecule has 0 fully saturated rings. The molecule has 2 rings (SSSR count). The van der Waals surface area contributed by atoms with Crippen molar-refractivity contribution < 1.29 is 23.1 Å². The van der Waals surface area contributed by atoms with Gasteiger partial charge in [-0.25, -0.2) is 8.78 Å². The lowest BCUT2D eigenvalue weighted by molar-refractivity contribution is 0.0846. The fourth-order valence-electron chi connectivity index (χ4n) is 1.67. The lowest BCUT2D eigenvalue weighted by Gasteiger charge is -2.08. The largest absolute Gasteiger partial charge is 0.494 e. The Morgan fingerprint density at radius 1 is 0.909 bits per heavy atom. The van der Waals surface area contributed by atoms with Gasteiger partial charge in [0, 0.05) is 11.1 Å². The van der Waals surface area contributed by atoms with Gasteiger partial charge >= 0.3 is 0 Å². The second-order valence-corrected chi connectivity index (χ2v) is 4.26. The van der Waals surface area contributed by atoms with Gasteiger partial charge in [-0.2, -0.15) is 0 Å². The predicted octanol–water partition coefficient (Wildman–Crippen LogP) is 2.05. The molecule has 0 atom stereocenters. The minimum Gasteiger partial charge on any atom is -0.494 e. The van der Waals surface area contributed by atoms with Crippen LogP contribution in [0.5, 0.6) is 5.75 Å². The van der Waals surface area contributed by atoms with Gasteiger partial charge < -0.3 is 4.74 Å². The van der Waals surface area contributed by atoms with E-state index in [1.54, 1.807) is 0 Å². The summed E-state index contributed by atoms with van der Waals surface area (Å²) < 4.78 is 31.0. The van der Waals surface area contributed by atoms with Crippen LogP contribution in [0.1, 0.15) is 20.7 Å². The maximum Gasteiger partial charge on any atom is 0.269 e. The van der Waals surface area contributed by atoms with Gasteiger partial charge in [-0.05, 0) is 42.5 Å². The molecule has 2 N–H and O–H groups in total. The molecular weight excluding hydrogens is 294 g/mol. The van der Waals surface area contributed by atoms with Crippen LogP contribution in [-0.2, 0) is 0 Å². The van der Waals surface area contributed by atoms with Crippen LogP contribution in [0, 0.1) is 11.6 Å². The van der Waals surface area contributed by atoms with E-state index < -0.39 is 23.4 Å². The third-order valence-corrected chi connectivity index (χ3v) is 2.81. The highest BCUT2D eigenvalue weighted by atomic mass is 19.1. The van der Waals surface area contributed by atoms with Crippen molar-refractivity contribution in [2.75, 3.05) is 7.11 Å². The predicted molar refractivity (Wildman–Crippen MR) is 74.3 cm³/mol. The van der Waals surface area contributed by atoms with Gasteiger partial charge in [0.15, 0.2) is 11.6 Å². The Hall–Kier alpha value is -2.96. The molecule has 0 aromatic heterocycles. The average molecular weight is 306 g/mol. The Morgan fingerprint density at radius 2 is 1.45 bits per heavy atom. The number of hydrogen-bond donors (Lipinski definition) is 2. The second-order valence-electron chi connectivity index (χ2n) is 4.26. The lowest BCUT2D eigenvalue weighted by atomic mass is 10.2. The number of nitrogens with one attached hydrogen (secondary N) is 2. The van der Waals surface area contributed by atoms with Crippen LogP contribution in [0.3, 0.4) is 0 Å². The highest BCUT2D eigenvalue weighted by molar-refractivity contribution is 5.99. The second kappa shape index (κ2) is 6.66. The first-order chi connectivity index (χ1) is 10.5. The molecule has 2 aromatic carbocycles. The van der Waals surface area contributed by atoms with Crippen molar-refractivity contribution >= 4 is 11.8 Å². The summed E-state index contributed by atoms with van der Waals surface area (Å²) in [4.78, 5) is 23.5. The first-order valence-corrected chi connectivity index (χ1v) is 6.21. The molecule has 114 valence electrons. The van der Waals surface area contributed by atoms with Crippen LogP contribution in [0.25, 0.3) is 0 Å². The molecule has 0 aliphatic carbocycles. The fraction of sp³-hybridized carbons (Fsp3) is 0.0667. The Labute approximate surface area is 124 Å². The Morgan fingerprint density at radius 3 is 2.00 bits per heavy atom. The number of hydrazine groups is 1. The van der Waals surface area contributed by atoms with E-state index in [2.05, 4.69) is 10.9 Å². The molecular formula is C15H12F2N2O3. The maximum atomic E-state index is 13.5. The van der Waals surface area contributed by atoms with Gasteiger partial charge in [0.25, 0.3) is 11.8 Å². The number of amides is 2. The Balaban J connectivity index is 1.99. The monoisotopic (exact) mass is 306 g/mol. The molecule has 0 aliphatic heterocycles. The van der Waals surface area contributed by atoms with Gasteiger partial charge in [0.2, 0.25) is 0 Å². The van der Waals surface area contributed by atoms with E-state index in [9.17, 15) is 18.4 Å². The number of methoxy groups -OCH3 is 1. The van der Waals surface area contributed by atoms with E-state index >= 15 is 0 Å². The number of ether oxygens (including phenoxy) is 1. The highest BCUT2D eigenvalue weighted by Gasteiger charge is 2.11. The standard InChI is InChI=1S/C15H12F2N2O3/c1-22-13-7-4-10(8-12(13)17)15(21)19-18-14(20)9-2-5-11(16)6-3-9/h2-8H,1H3,(H,18,20)(H,19,21). The van der Waals surface area contributed by atoms with Gasteiger partial charge in [-0.3, -0.25) is 20.4 Å². The van der Waals surface area contributed by atoms with E-state index in [0.717, 1.165) is 18.2 Å². The maximum absolute atomic E-state index is 13.5. The van der Waals surface area contributed by atoms with Gasteiger partial charge in [-0.15, -0.1) is 0 Å². The van der Waals surface area contributed by atoms with Crippen molar-refractivity contribution in [3.8, 4) is 5.75 Å². The third kappa shape index (κ3) is 3.57. The van der Waals surface area contributed by atoms with Crippen LogP contribution < -0.4 is 15.6 Å². The number of benzene rings is 2. The highest BCUT2D eigenvalue weighted by Crippen LogP contribution is 2.17. The number of carbonyl (C=O) groups excluding carboxylic acids is 2. The molecule has 5 nitrogen and oxygen atoms in total. The zero-order chi connectivity index (χ0) is 16.1. The van der Waals surface area contributed by atoms with Crippen molar-refractivity contribution in [1.29, 1.82) is 0 Å². The van der Waals surface area contributed by atoms with Crippen molar-refractivity contribution in [3.63, 3.8) is 0 Å². The molecule has 0 heterocycles. The zero-order valence-electron chi connectivity index (χ0n) is 11.5. The summed E-state index contributed by atoms with van der Waals surface area (Å²) in [7, 11) is 1.31. The molecule has 0 aliphatic rings. The summed E-state index contributed by atoms with van der Waals surface area (Å²) in [6.45, 7) is 0. The molecule has 7 heteroatoms. The molecule has 2 aromatic rings. The van der Waals surface area contributed by atoms with E-state index in [0.29, 0.717) is 0 Å². The lowest BCUT2D eigenvalue weighted by Crippen LogP contribution is -2.41. The topological polar surface area (TPSA) is 67.4 Å². The minimum atomic E-state index is -0.697. The summed E-state index contributed by atoms with van der Waals surface area (Å²) >= 11 is 0. The first kappa shape index (κ1) is 15.4. The molecule has 0 radical (unpaired) electrons. The van der Waals surface area contributed by atoms with Crippen molar-refractivity contribution in [1.82, 2.24) is 10.9 Å². The van der Waals surface area contributed by atoms with Gasteiger partial charge in [0.1, 0.15) is 5.82 Å². The molecule has 0 saturated carbocycles. The smallest absolute Gasteiger partial charge is 0.269 e. The van der Waals surface area contributed by atoms with E-state index in [4.69, 9.17) is 4.74 Å². The molecule has 0 unspecified atom stereocenters. The van der Waals surface area contributed by atoms with E-state index in [1.165, 1.54) is 31.4 Å². The minimum absolute atomic E-state index is 0.00639. The molecule has 0 spiro atoms. The fourth-order valence-corrected chi connectivity index (χ4v) is 1.67. The number of halogens is 2. The average Bonchev–Trinajstić information content (AvgIpc) is 2.52. The van der Waals surface area contributed by atoms with Gasteiger partial charge in [0.05, 0.1) is 7.11 Å². The van der Waals surface area contributed by atoms with Crippen molar-refractivity contribution in [3.05, 3.63) is 65.2 Å². The molecule has 0 saturated heterocycles. The summed E-state index contributed by atoms with van der Waals surface area (Å²) in [6.07, 6.45) is 0. The summed E-state index contributed by atoms with van der Waals surface area (Å²) in [5.74, 6) is -2.49. The Kier molecular flexibility index (Phi) is 4.67. The zero-order valence-corrected chi connectivity index (χ0v) is 11.5. The van der Waals surface area contributed by atoms with Crippen molar-refractivity contribution in [2.24, 2.45) is 0 Å². The van der Waals surface area contributed by atoms with Crippen molar-refractivity contribution in [2.45, 2.75) is 0 Å². The van der Waals surface area contributed by atoms with E-state index in [1.807, 2.05) is 0 Å². The van der Waals surface area contributed by atoms with Crippen LogP contribution >= 0.6 is 0 Å². The number of rotatable bonds is 3. The number of hydrogen-bond acceptors (Lipinski definition) is 3. The van der Waals surface area contributed by atoms with Gasteiger partial charge in [-0.1, -0.05) is 0 Å². The summed E-state index contributed by atoms with van der Waals surface area (Å²) in [5.41, 5.74) is 4.47. The van der Waals surface area contributed by atoms with Crippen LogP contribution in [0.15, 0.2) is 42.5 Å². The third-order valence-electron chi connectivity index (χ3n) is 2.81. The van der Waals surface area contributed by atoms with E-state index in [-0.39, 0.29) is 16.9 Å². The number of carbonyl (C=O) groups is 2. The summed E-state index contributed by atoms with van der Waals surface area (Å²) in [6, 6.07) is 8.41. The van der Waals surface area contributed by atoms with Crippen LogP contribution in [-0.4, -0.2) is 18.9 Å². The molecule has 22 heavy (non-hydrogen) atoms. The van der Waals surface area contributed by atoms with Crippen LogP contribution in [0.2, 0.25) is 0 Å². The quantitative estimate of drug-likeness (QED) is 0.853. The molecule has 2 amide bonds. The summed E-state index contributed by atoms with van der Waals surface area (Å²) in [5, 5.41) is 0. The SMILES string of the molecule is COc1ccc(C(=O)NNC(=O)c2ccc(F)cc2)cc1F. The first-order valence-electron chi connectivity index (χ1n) is 6.21. The van der Waals surface area contributed by atoms with Crippen LogP contribution in [0.4, 0.5) is 8.78 Å².